The molecule has 2 saturated heterocycles. The lowest BCUT2D eigenvalue weighted by Crippen LogP contribution is -2.49. The Labute approximate surface area is 188 Å². The smallest absolute Gasteiger partial charge is 0.416 e. The molecule has 0 bridgehead atoms. The molecule has 2 aliphatic heterocycles. The van der Waals surface area contributed by atoms with Gasteiger partial charge in [-0.15, -0.1) is 12.4 Å². The maximum atomic E-state index is 12.9. The van der Waals surface area contributed by atoms with Crippen LogP contribution in [0.1, 0.15) is 35.3 Å². The molecule has 0 aliphatic carbocycles. The molecule has 2 aliphatic rings. The van der Waals surface area contributed by atoms with Crippen LogP contribution in [0.4, 0.5) is 16.4 Å². The number of halogens is 1. The molecule has 0 N–H and O–H groups in total. The zero-order chi connectivity index (χ0) is 21.5. The molecular weight excluding hydrogens is 418 g/mol. The number of aromatic nitrogens is 2. The van der Waals surface area contributed by atoms with Crippen molar-refractivity contribution in [3.8, 4) is 0 Å². The number of hydrogen-bond donors (Lipinski definition) is 0. The molecule has 2 amide bonds. The monoisotopic (exact) mass is 445 g/mol. The normalized spacial score (nSPS) is 17.9. The van der Waals surface area contributed by atoms with Gasteiger partial charge < -0.3 is 14.5 Å². The number of carbonyl (C=O) groups excluding carboxylic acids is 2. The molecule has 0 aromatic carbocycles. The van der Waals surface area contributed by atoms with E-state index >= 15 is 0 Å². The topological polar surface area (TPSA) is 78.9 Å². The van der Waals surface area contributed by atoms with E-state index in [4.69, 9.17) is 4.74 Å². The molecule has 0 radical (unpaired) electrons. The van der Waals surface area contributed by atoms with Crippen LogP contribution in [0.3, 0.4) is 0 Å². The van der Waals surface area contributed by atoms with Gasteiger partial charge in [0.15, 0.2) is 0 Å². The Morgan fingerprint density at radius 1 is 1.06 bits per heavy atom. The molecule has 0 unspecified atom stereocenters. The van der Waals surface area contributed by atoms with Crippen LogP contribution in [0.2, 0.25) is 0 Å². The second kappa shape index (κ2) is 8.70. The van der Waals surface area contributed by atoms with E-state index in [0.717, 1.165) is 30.0 Å². The van der Waals surface area contributed by atoms with E-state index in [2.05, 4.69) is 27.9 Å². The molecule has 2 aromatic rings. The average molecular weight is 446 g/mol. The zero-order valence-corrected chi connectivity index (χ0v) is 19.1. The van der Waals surface area contributed by atoms with Crippen LogP contribution in [-0.2, 0) is 4.74 Å². The van der Waals surface area contributed by atoms with Crippen molar-refractivity contribution in [3.63, 3.8) is 0 Å². The van der Waals surface area contributed by atoms with Crippen LogP contribution in [-0.4, -0.2) is 65.2 Å². The van der Waals surface area contributed by atoms with E-state index in [0.29, 0.717) is 31.0 Å². The third kappa shape index (κ3) is 4.74. The summed E-state index contributed by atoms with van der Waals surface area (Å²) in [7, 11) is 0. The molecule has 31 heavy (non-hydrogen) atoms. The molecule has 4 heterocycles. The number of cyclic esters (lactones) is 1. The van der Waals surface area contributed by atoms with Crippen molar-refractivity contribution in [2.45, 2.75) is 33.3 Å². The van der Waals surface area contributed by atoms with E-state index < -0.39 is 11.7 Å². The van der Waals surface area contributed by atoms with Crippen molar-refractivity contribution in [2.75, 3.05) is 42.5 Å². The summed E-state index contributed by atoms with van der Waals surface area (Å²) < 4.78 is 5.31. The first-order chi connectivity index (χ1) is 14.2. The molecule has 166 valence electrons. The van der Waals surface area contributed by atoms with Crippen molar-refractivity contribution in [3.05, 3.63) is 47.3 Å². The Morgan fingerprint density at radius 2 is 1.77 bits per heavy atom. The third-order valence-corrected chi connectivity index (χ3v) is 5.45. The van der Waals surface area contributed by atoms with Crippen LogP contribution >= 0.6 is 12.4 Å². The first-order valence-corrected chi connectivity index (χ1v) is 10.2. The van der Waals surface area contributed by atoms with Crippen LogP contribution in [0.5, 0.6) is 0 Å². The molecule has 9 heteroatoms. The fourth-order valence-electron chi connectivity index (χ4n) is 3.96. The number of carbonyl (C=O) groups is 2. The second-order valence-corrected chi connectivity index (χ2v) is 8.55. The lowest BCUT2D eigenvalue weighted by molar-refractivity contribution is 0.0745. The molecule has 4 rings (SSSR count). The van der Waals surface area contributed by atoms with Crippen molar-refractivity contribution < 1.29 is 14.3 Å². The standard InChI is InChI=1S/C22H27N5O3.ClH/c1-15-11-16(2)19(24-12-15)25-7-9-26(10-8-25)20(28)17-5-6-18(23-13-17)27-14-22(3,4)30-21(27)29;/h5-6,11-13H,7-10,14H2,1-4H3;1H. The fourth-order valence-corrected chi connectivity index (χ4v) is 3.96. The zero-order valence-electron chi connectivity index (χ0n) is 18.3. The number of rotatable bonds is 3. The van der Waals surface area contributed by atoms with E-state index in [1.165, 1.54) is 11.1 Å². The third-order valence-electron chi connectivity index (χ3n) is 5.45. The first kappa shape index (κ1) is 22.8. The van der Waals surface area contributed by atoms with E-state index in [1.807, 2.05) is 31.9 Å². The van der Waals surface area contributed by atoms with Gasteiger partial charge in [-0.1, -0.05) is 6.07 Å². The Balaban J connectivity index is 0.00000272. The minimum atomic E-state index is -0.544. The highest BCUT2D eigenvalue weighted by Gasteiger charge is 2.39. The summed E-state index contributed by atoms with van der Waals surface area (Å²) in [6.07, 6.45) is 3.00. The van der Waals surface area contributed by atoms with Crippen molar-refractivity contribution >= 4 is 36.0 Å². The van der Waals surface area contributed by atoms with E-state index in [-0.39, 0.29) is 18.3 Å². The minimum absolute atomic E-state index is 0. The van der Waals surface area contributed by atoms with E-state index in [1.54, 1.807) is 12.1 Å². The first-order valence-electron chi connectivity index (χ1n) is 10.2. The molecule has 2 fully saturated rings. The average Bonchev–Trinajstić information content (AvgIpc) is 3.00. The van der Waals surface area contributed by atoms with Crippen LogP contribution in [0, 0.1) is 13.8 Å². The largest absolute Gasteiger partial charge is 0.441 e. The van der Waals surface area contributed by atoms with Gasteiger partial charge in [-0.05, 0) is 51.0 Å². The van der Waals surface area contributed by atoms with E-state index in [9.17, 15) is 9.59 Å². The van der Waals surface area contributed by atoms with Gasteiger partial charge in [0.05, 0.1) is 12.1 Å². The number of amides is 2. The van der Waals surface area contributed by atoms with Crippen molar-refractivity contribution in [2.24, 2.45) is 0 Å². The summed E-state index contributed by atoms with van der Waals surface area (Å²) in [6, 6.07) is 5.55. The molecule has 2 aromatic heterocycles. The van der Waals surface area contributed by atoms with Gasteiger partial charge >= 0.3 is 6.09 Å². The lowest BCUT2D eigenvalue weighted by Gasteiger charge is -2.36. The number of pyridine rings is 2. The van der Waals surface area contributed by atoms with Gasteiger partial charge in [-0.25, -0.2) is 14.8 Å². The lowest BCUT2D eigenvalue weighted by atomic mass is 10.1. The summed E-state index contributed by atoms with van der Waals surface area (Å²) in [4.78, 5) is 39.4. The molecule has 0 atom stereocenters. The number of ether oxygens (including phenoxy) is 1. The van der Waals surface area contributed by atoms with Gasteiger partial charge in [0, 0.05) is 38.6 Å². The van der Waals surface area contributed by atoms with Crippen molar-refractivity contribution in [1.29, 1.82) is 0 Å². The highest BCUT2D eigenvalue weighted by Crippen LogP contribution is 2.26. The highest BCUT2D eigenvalue weighted by atomic mass is 35.5. The van der Waals surface area contributed by atoms with Gasteiger partial charge in [-0.2, -0.15) is 0 Å². The molecule has 0 spiro atoms. The van der Waals surface area contributed by atoms with Crippen LogP contribution < -0.4 is 9.80 Å². The summed E-state index contributed by atoms with van der Waals surface area (Å²) in [5, 5.41) is 0. The van der Waals surface area contributed by atoms with Crippen LogP contribution in [0.15, 0.2) is 30.6 Å². The fraction of sp³-hybridized carbons (Fsp3) is 0.455. The maximum absolute atomic E-state index is 12.9. The predicted octanol–water partition coefficient (Wildman–Crippen LogP) is 3.21. The summed E-state index contributed by atoms with van der Waals surface area (Å²) in [5.74, 6) is 1.43. The number of piperazine rings is 1. The minimum Gasteiger partial charge on any atom is -0.441 e. The Morgan fingerprint density at radius 3 is 2.32 bits per heavy atom. The predicted molar refractivity (Wildman–Crippen MR) is 121 cm³/mol. The highest BCUT2D eigenvalue weighted by molar-refractivity contribution is 5.95. The quantitative estimate of drug-likeness (QED) is 0.721. The van der Waals surface area contributed by atoms with Crippen molar-refractivity contribution in [1.82, 2.24) is 14.9 Å². The molecular formula is C22H28ClN5O3. The molecule has 8 nitrogen and oxygen atoms in total. The summed E-state index contributed by atoms with van der Waals surface area (Å²) >= 11 is 0. The summed E-state index contributed by atoms with van der Waals surface area (Å²) in [6.45, 7) is 11.0. The van der Waals surface area contributed by atoms with Gasteiger partial charge in [0.2, 0.25) is 0 Å². The van der Waals surface area contributed by atoms with Crippen LogP contribution in [0.25, 0.3) is 0 Å². The number of aryl methyl sites for hydroxylation is 2. The maximum Gasteiger partial charge on any atom is 0.416 e. The number of hydrogen-bond acceptors (Lipinski definition) is 6. The Kier molecular flexibility index (Phi) is 6.40. The SMILES string of the molecule is Cc1cnc(N2CCN(C(=O)c3ccc(N4CC(C)(C)OC4=O)nc3)CC2)c(C)c1.Cl. The molecule has 0 saturated carbocycles. The summed E-state index contributed by atoms with van der Waals surface area (Å²) in [5.41, 5.74) is 2.27. The Hall–Kier alpha value is -2.87. The second-order valence-electron chi connectivity index (χ2n) is 8.55. The number of nitrogens with zero attached hydrogens (tertiary/aromatic N) is 5. The number of anilines is 2. The van der Waals surface area contributed by atoms with Gasteiger partial charge in [0.1, 0.15) is 17.2 Å². The van der Waals surface area contributed by atoms with Gasteiger partial charge in [0.25, 0.3) is 5.91 Å². The Bertz CT molecular complexity index is 972. The van der Waals surface area contributed by atoms with Gasteiger partial charge in [-0.3, -0.25) is 9.69 Å².